The summed E-state index contributed by atoms with van der Waals surface area (Å²) in [5.74, 6) is -2.57. The van der Waals surface area contributed by atoms with Gasteiger partial charge in [-0.1, -0.05) is 29.6 Å². The van der Waals surface area contributed by atoms with E-state index in [1.54, 1.807) is 23.5 Å². The fourth-order valence-corrected chi connectivity index (χ4v) is 3.16. The SMILES string of the molecule is COc1c(C(=O)O)cccc1C(=O)O.SC1NC=CS1.SC1NC=CS1. The number of thioether (sulfide) groups is 2. The number of aromatic carboxylic acids is 2. The highest BCUT2D eigenvalue weighted by atomic mass is 32.2. The van der Waals surface area contributed by atoms with Gasteiger partial charge in [0.05, 0.1) is 7.11 Å². The van der Waals surface area contributed by atoms with Gasteiger partial charge in [-0.2, -0.15) is 0 Å². The number of hydrogen-bond donors (Lipinski definition) is 6. The maximum atomic E-state index is 10.7. The van der Waals surface area contributed by atoms with Gasteiger partial charge in [0.1, 0.15) is 26.3 Å². The van der Waals surface area contributed by atoms with Gasteiger partial charge in [-0.3, -0.25) is 0 Å². The van der Waals surface area contributed by atoms with E-state index in [1.165, 1.54) is 25.3 Å². The van der Waals surface area contributed by atoms with E-state index in [1.807, 2.05) is 23.2 Å². The van der Waals surface area contributed by atoms with E-state index in [0.29, 0.717) is 9.41 Å². The van der Waals surface area contributed by atoms with Crippen LogP contribution in [0.4, 0.5) is 0 Å². The summed E-state index contributed by atoms with van der Waals surface area (Å²) in [6.07, 6.45) is 3.78. The molecule has 0 radical (unpaired) electrons. The van der Waals surface area contributed by atoms with Crippen molar-refractivity contribution in [2.75, 3.05) is 7.11 Å². The van der Waals surface area contributed by atoms with Crippen LogP contribution in [0.2, 0.25) is 0 Å². The largest absolute Gasteiger partial charge is 0.495 e. The first-order valence-corrected chi connectivity index (χ1v) is 9.91. The van der Waals surface area contributed by atoms with Crippen LogP contribution in [-0.4, -0.2) is 38.7 Å². The third-order valence-electron chi connectivity index (χ3n) is 2.71. The van der Waals surface area contributed by atoms with Crippen LogP contribution in [0.5, 0.6) is 5.75 Å². The number of methoxy groups -OCH3 is 1. The van der Waals surface area contributed by atoms with Crippen molar-refractivity contribution >= 4 is 60.7 Å². The lowest BCUT2D eigenvalue weighted by Crippen LogP contribution is -2.06. The smallest absolute Gasteiger partial charge is 0.339 e. The highest BCUT2D eigenvalue weighted by molar-refractivity contribution is 8.12. The summed E-state index contributed by atoms with van der Waals surface area (Å²) in [5, 5.41) is 27.4. The van der Waals surface area contributed by atoms with E-state index in [-0.39, 0.29) is 16.9 Å². The molecule has 4 N–H and O–H groups in total. The zero-order valence-electron chi connectivity index (χ0n) is 13.5. The molecule has 142 valence electrons. The number of ether oxygens (including phenoxy) is 1. The Morgan fingerprint density at radius 2 is 1.42 bits per heavy atom. The maximum Gasteiger partial charge on any atom is 0.339 e. The lowest BCUT2D eigenvalue weighted by Gasteiger charge is -2.07. The van der Waals surface area contributed by atoms with Gasteiger partial charge in [0.25, 0.3) is 0 Å². The monoisotopic (exact) mass is 434 g/mol. The molecule has 0 fully saturated rings. The standard InChI is InChI=1S/C9H8O5.2C3H5NS2/c1-14-7-5(8(10)11)3-2-4-6(7)9(12)13;2*5-3-4-1-2-6-3/h2-4H,1H3,(H,10,11)(H,12,13);2*1-5H. The molecular formula is C15H18N2O5S4. The van der Waals surface area contributed by atoms with E-state index < -0.39 is 11.9 Å². The van der Waals surface area contributed by atoms with Gasteiger partial charge in [-0.25, -0.2) is 9.59 Å². The van der Waals surface area contributed by atoms with E-state index in [2.05, 4.69) is 35.9 Å². The molecule has 1 aromatic rings. The second-order valence-electron chi connectivity index (χ2n) is 4.41. The van der Waals surface area contributed by atoms with Crippen LogP contribution in [0.15, 0.2) is 41.4 Å². The molecule has 0 saturated carbocycles. The first-order chi connectivity index (χ1) is 12.4. The van der Waals surface area contributed by atoms with Crippen LogP contribution in [0.3, 0.4) is 0 Å². The zero-order chi connectivity index (χ0) is 19.5. The van der Waals surface area contributed by atoms with Crippen molar-refractivity contribution in [1.82, 2.24) is 10.6 Å². The van der Waals surface area contributed by atoms with Gasteiger partial charge in [0.2, 0.25) is 0 Å². The van der Waals surface area contributed by atoms with Gasteiger partial charge in [0, 0.05) is 12.4 Å². The summed E-state index contributed by atoms with van der Waals surface area (Å²) in [6.45, 7) is 0. The number of hydrogen-bond acceptors (Lipinski definition) is 9. The minimum absolute atomic E-state index is 0.132. The Morgan fingerprint density at radius 1 is 1.00 bits per heavy atom. The van der Waals surface area contributed by atoms with Crippen LogP contribution < -0.4 is 15.4 Å². The Kier molecular flexibility index (Phi) is 10.3. The lowest BCUT2D eigenvalue weighted by atomic mass is 10.1. The number of rotatable bonds is 3. The maximum absolute atomic E-state index is 10.7. The third kappa shape index (κ3) is 7.77. The minimum atomic E-state index is -1.22. The van der Waals surface area contributed by atoms with Gasteiger partial charge in [0.15, 0.2) is 0 Å². The van der Waals surface area contributed by atoms with Gasteiger partial charge < -0.3 is 25.6 Å². The minimum Gasteiger partial charge on any atom is -0.495 e. The number of thiol groups is 2. The fourth-order valence-electron chi connectivity index (χ4n) is 1.64. The molecule has 2 aliphatic heterocycles. The quantitative estimate of drug-likeness (QED) is 0.400. The zero-order valence-corrected chi connectivity index (χ0v) is 16.9. The number of nitrogens with one attached hydrogen (secondary N) is 2. The highest BCUT2D eigenvalue weighted by Gasteiger charge is 2.18. The highest BCUT2D eigenvalue weighted by Crippen LogP contribution is 2.23. The molecule has 3 rings (SSSR count). The predicted molar refractivity (Wildman–Crippen MR) is 112 cm³/mol. The molecule has 0 aromatic heterocycles. The number of carboxylic acid groups (broad SMARTS) is 2. The first kappa shape index (κ1) is 22.5. The summed E-state index contributed by atoms with van der Waals surface area (Å²) < 4.78 is 5.33. The fraction of sp³-hybridized carbons (Fsp3) is 0.200. The normalized spacial score (nSPS) is 19.2. The number of para-hydroxylation sites is 1. The molecule has 0 amide bonds. The average molecular weight is 435 g/mol. The Bertz CT molecular complexity index is 616. The van der Waals surface area contributed by atoms with Crippen LogP contribution in [0, 0.1) is 0 Å². The Morgan fingerprint density at radius 3 is 1.62 bits per heavy atom. The van der Waals surface area contributed by atoms with Gasteiger partial charge in [-0.15, -0.1) is 25.3 Å². The summed E-state index contributed by atoms with van der Waals surface area (Å²) in [4.78, 5) is 21.4. The van der Waals surface area contributed by atoms with Crippen molar-refractivity contribution in [3.05, 3.63) is 52.5 Å². The molecule has 0 bridgehead atoms. The molecule has 0 aliphatic carbocycles. The number of carboxylic acids is 2. The molecule has 2 atom stereocenters. The first-order valence-electron chi connectivity index (χ1n) is 6.99. The molecule has 0 saturated heterocycles. The second kappa shape index (κ2) is 11.9. The molecule has 2 aliphatic rings. The van der Waals surface area contributed by atoms with E-state index in [0.717, 1.165) is 0 Å². The van der Waals surface area contributed by atoms with E-state index >= 15 is 0 Å². The van der Waals surface area contributed by atoms with Crippen LogP contribution in [-0.2, 0) is 0 Å². The van der Waals surface area contributed by atoms with Crippen molar-refractivity contribution < 1.29 is 24.5 Å². The van der Waals surface area contributed by atoms with Crippen LogP contribution >= 0.6 is 48.8 Å². The summed E-state index contributed by atoms with van der Waals surface area (Å²) in [7, 11) is 1.23. The molecule has 26 heavy (non-hydrogen) atoms. The van der Waals surface area contributed by atoms with Crippen molar-refractivity contribution in [2.45, 2.75) is 9.41 Å². The summed E-state index contributed by atoms with van der Waals surface area (Å²) in [6, 6.07) is 3.93. The second-order valence-corrected chi connectivity index (χ2v) is 8.18. The van der Waals surface area contributed by atoms with Crippen LogP contribution in [0.25, 0.3) is 0 Å². The summed E-state index contributed by atoms with van der Waals surface area (Å²) >= 11 is 11.5. The predicted octanol–water partition coefficient (Wildman–Crippen LogP) is 3.11. The Hall–Kier alpha value is -1.56. The van der Waals surface area contributed by atoms with E-state index in [4.69, 9.17) is 14.9 Å². The Balaban J connectivity index is 0.000000230. The molecule has 0 spiro atoms. The third-order valence-corrected chi connectivity index (χ3v) is 5.11. The molecule has 1 aromatic carbocycles. The van der Waals surface area contributed by atoms with Crippen molar-refractivity contribution in [1.29, 1.82) is 0 Å². The molecule has 7 nitrogen and oxygen atoms in total. The van der Waals surface area contributed by atoms with Crippen LogP contribution in [0.1, 0.15) is 20.7 Å². The number of benzene rings is 1. The van der Waals surface area contributed by atoms with E-state index in [9.17, 15) is 9.59 Å². The Labute approximate surface area is 170 Å². The number of carbonyl (C=O) groups is 2. The van der Waals surface area contributed by atoms with Gasteiger partial charge in [-0.05, 0) is 22.9 Å². The van der Waals surface area contributed by atoms with Crippen molar-refractivity contribution in [3.63, 3.8) is 0 Å². The molecular weight excluding hydrogens is 416 g/mol. The lowest BCUT2D eigenvalue weighted by molar-refractivity contribution is 0.0691. The van der Waals surface area contributed by atoms with Gasteiger partial charge >= 0.3 is 11.9 Å². The summed E-state index contributed by atoms with van der Waals surface area (Å²) in [5.41, 5.74) is -0.320. The van der Waals surface area contributed by atoms with Crippen molar-refractivity contribution in [3.8, 4) is 5.75 Å². The van der Waals surface area contributed by atoms with Crippen molar-refractivity contribution in [2.24, 2.45) is 0 Å². The molecule has 2 heterocycles. The average Bonchev–Trinajstić information content (AvgIpc) is 3.28. The molecule has 11 heteroatoms. The molecule has 2 unspecified atom stereocenters. The topological polar surface area (TPSA) is 108 Å².